The molecule has 1 saturated heterocycles. The fourth-order valence-corrected chi connectivity index (χ4v) is 3.13. The van der Waals surface area contributed by atoms with Crippen molar-refractivity contribution in [2.75, 3.05) is 26.7 Å². The highest BCUT2D eigenvalue weighted by Crippen LogP contribution is 2.23. The SMILES string of the molecule is CCCNC(CN1CCCCC1C)c1cccc(OC)c1. The van der Waals surface area contributed by atoms with Crippen LogP contribution in [0, 0.1) is 0 Å². The van der Waals surface area contributed by atoms with Crippen molar-refractivity contribution in [1.82, 2.24) is 10.2 Å². The van der Waals surface area contributed by atoms with Gasteiger partial charge >= 0.3 is 0 Å². The minimum absolute atomic E-state index is 0.389. The molecule has 0 aromatic heterocycles. The summed E-state index contributed by atoms with van der Waals surface area (Å²) in [5.74, 6) is 0.947. The van der Waals surface area contributed by atoms with E-state index in [0.717, 1.165) is 25.3 Å². The van der Waals surface area contributed by atoms with Crippen LogP contribution in [-0.4, -0.2) is 37.7 Å². The fourth-order valence-electron chi connectivity index (χ4n) is 3.13. The molecule has 2 atom stereocenters. The summed E-state index contributed by atoms with van der Waals surface area (Å²) < 4.78 is 5.38. The first-order chi connectivity index (χ1) is 10.2. The third-order valence-electron chi connectivity index (χ3n) is 4.49. The van der Waals surface area contributed by atoms with E-state index in [1.165, 1.54) is 31.4 Å². The van der Waals surface area contributed by atoms with Crippen LogP contribution in [-0.2, 0) is 0 Å². The molecule has 2 rings (SSSR count). The predicted octanol–water partition coefficient (Wildman–Crippen LogP) is 3.61. The van der Waals surface area contributed by atoms with Gasteiger partial charge in [-0.2, -0.15) is 0 Å². The first-order valence-corrected chi connectivity index (χ1v) is 8.36. The van der Waals surface area contributed by atoms with E-state index in [9.17, 15) is 0 Å². The molecule has 0 bridgehead atoms. The Labute approximate surface area is 129 Å². The van der Waals surface area contributed by atoms with Gasteiger partial charge in [0.15, 0.2) is 0 Å². The van der Waals surface area contributed by atoms with Crippen molar-refractivity contribution in [2.45, 2.75) is 51.6 Å². The Hall–Kier alpha value is -1.06. The Morgan fingerprint density at radius 2 is 2.24 bits per heavy atom. The molecule has 2 unspecified atom stereocenters. The minimum Gasteiger partial charge on any atom is -0.497 e. The summed E-state index contributed by atoms with van der Waals surface area (Å²) >= 11 is 0. The lowest BCUT2D eigenvalue weighted by molar-refractivity contribution is 0.144. The predicted molar refractivity (Wildman–Crippen MR) is 88.9 cm³/mol. The van der Waals surface area contributed by atoms with Gasteiger partial charge in [-0.25, -0.2) is 0 Å². The van der Waals surface area contributed by atoms with Crippen LogP contribution < -0.4 is 10.1 Å². The van der Waals surface area contributed by atoms with E-state index in [1.807, 2.05) is 6.07 Å². The smallest absolute Gasteiger partial charge is 0.119 e. The van der Waals surface area contributed by atoms with Crippen molar-refractivity contribution in [2.24, 2.45) is 0 Å². The maximum atomic E-state index is 5.38. The topological polar surface area (TPSA) is 24.5 Å². The van der Waals surface area contributed by atoms with Crippen LogP contribution in [0.5, 0.6) is 5.75 Å². The van der Waals surface area contributed by atoms with Gasteiger partial charge in [-0.3, -0.25) is 4.90 Å². The second kappa shape index (κ2) is 8.40. The third-order valence-corrected chi connectivity index (χ3v) is 4.49. The molecule has 21 heavy (non-hydrogen) atoms. The largest absolute Gasteiger partial charge is 0.497 e. The quantitative estimate of drug-likeness (QED) is 0.830. The van der Waals surface area contributed by atoms with Gasteiger partial charge in [0, 0.05) is 18.6 Å². The molecule has 0 amide bonds. The van der Waals surface area contributed by atoms with Crippen LogP contribution in [0.15, 0.2) is 24.3 Å². The van der Waals surface area contributed by atoms with Gasteiger partial charge in [-0.05, 0) is 57.0 Å². The summed E-state index contributed by atoms with van der Waals surface area (Å²) in [4.78, 5) is 2.64. The van der Waals surface area contributed by atoms with Crippen molar-refractivity contribution in [3.8, 4) is 5.75 Å². The van der Waals surface area contributed by atoms with E-state index >= 15 is 0 Å². The summed E-state index contributed by atoms with van der Waals surface area (Å²) in [6, 6.07) is 9.58. The molecule has 1 aliphatic heterocycles. The molecule has 118 valence electrons. The number of nitrogens with one attached hydrogen (secondary N) is 1. The molecule has 1 aromatic rings. The monoisotopic (exact) mass is 290 g/mol. The number of piperidine rings is 1. The summed E-state index contributed by atoms with van der Waals surface area (Å²) in [5.41, 5.74) is 1.33. The highest BCUT2D eigenvalue weighted by Gasteiger charge is 2.22. The van der Waals surface area contributed by atoms with E-state index in [4.69, 9.17) is 4.74 Å². The van der Waals surface area contributed by atoms with Gasteiger partial charge in [-0.1, -0.05) is 25.5 Å². The first kappa shape index (κ1) is 16.3. The molecular weight excluding hydrogens is 260 g/mol. The molecular formula is C18H30N2O. The second-order valence-corrected chi connectivity index (χ2v) is 6.12. The van der Waals surface area contributed by atoms with E-state index in [0.29, 0.717) is 12.1 Å². The first-order valence-electron chi connectivity index (χ1n) is 8.36. The summed E-state index contributed by atoms with van der Waals surface area (Å²) in [6.07, 6.45) is 5.21. The van der Waals surface area contributed by atoms with Crippen molar-refractivity contribution in [3.05, 3.63) is 29.8 Å². The van der Waals surface area contributed by atoms with Crippen LogP contribution in [0.2, 0.25) is 0 Å². The van der Waals surface area contributed by atoms with Crippen LogP contribution >= 0.6 is 0 Å². The summed E-state index contributed by atoms with van der Waals surface area (Å²) in [7, 11) is 1.74. The number of ether oxygens (including phenoxy) is 1. The van der Waals surface area contributed by atoms with Crippen LogP contribution in [0.4, 0.5) is 0 Å². The van der Waals surface area contributed by atoms with Gasteiger partial charge in [0.2, 0.25) is 0 Å². The summed E-state index contributed by atoms with van der Waals surface area (Å²) in [6.45, 7) is 7.97. The number of rotatable bonds is 7. The minimum atomic E-state index is 0.389. The lowest BCUT2D eigenvalue weighted by Crippen LogP contribution is -2.43. The highest BCUT2D eigenvalue weighted by atomic mass is 16.5. The Morgan fingerprint density at radius 1 is 1.38 bits per heavy atom. The maximum absolute atomic E-state index is 5.38. The summed E-state index contributed by atoms with van der Waals surface area (Å²) in [5, 5.41) is 3.71. The van der Waals surface area contributed by atoms with Crippen molar-refractivity contribution >= 4 is 0 Å². The lowest BCUT2D eigenvalue weighted by Gasteiger charge is -2.36. The molecule has 1 N–H and O–H groups in total. The van der Waals surface area contributed by atoms with Crippen molar-refractivity contribution in [3.63, 3.8) is 0 Å². The molecule has 1 heterocycles. The van der Waals surface area contributed by atoms with E-state index in [2.05, 4.69) is 42.3 Å². The molecule has 1 aromatic carbocycles. The molecule has 3 heteroatoms. The number of likely N-dealkylation sites (tertiary alicyclic amines) is 1. The van der Waals surface area contributed by atoms with Crippen LogP contribution in [0.3, 0.4) is 0 Å². The van der Waals surface area contributed by atoms with Gasteiger partial charge in [0.05, 0.1) is 7.11 Å². The van der Waals surface area contributed by atoms with Gasteiger partial charge in [-0.15, -0.1) is 0 Å². The molecule has 1 aliphatic rings. The standard InChI is InChI=1S/C18H30N2O/c1-4-11-19-18(14-20-12-6-5-8-15(20)2)16-9-7-10-17(13-16)21-3/h7,9-10,13,15,18-19H,4-6,8,11-12,14H2,1-3H3. The number of nitrogens with zero attached hydrogens (tertiary/aromatic N) is 1. The Bertz CT molecular complexity index is 421. The van der Waals surface area contributed by atoms with Gasteiger partial charge < -0.3 is 10.1 Å². The highest BCUT2D eigenvalue weighted by molar-refractivity contribution is 5.30. The average molecular weight is 290 g/mol. The van der Waals surface area contributed by atoms with Crippen molar-refractivity contribution < 1.29 is 4.74 Å². The zero-order valence-electron chi connectivity index (χ0n) is 13.8. The molecule has 0 radical (unpaired) electrons. The van der Waals surface area contributed by atoms with E-state index in [-0.39, 0.29) is 0 Å². The number of hydrogen-bond acceptors (Lipinski definition) is 3. The third kappa shape index (κ3) is 4.72. The Kier molecular flexibility index (Phi) is 6.52. The number of methoxy groups -OCH3 is 1. The molecule has 0 saturated carbocycles. The zero-order valence-corrected chi connectivity index (χ0v) is 13.8. The fraction of sp³-hybridized carbons (Fsp3) is 0.667. The number of hydrogen-bond donors (Lipinski definition) is 1. The van der Waals surface area contributed by atoms with Gasteiger partial charge in [0.1, 0.15) is 5.75 Å². The lowest BCUT2D eigenvalue weighted by atomic mass is 10.00. The second-order valence-electron chi connectivity index (χ2n) is 6.12. The van der Waals surface area contributed by atoms with E-state index < -0.39 is 0 Å². The van der Waals surface area contributed by atoms with Gasteiger partial charge in [0.25, 0.3) is 0 Å². The van der Waals surface area contributed by atoms with Crippen LogP contribution in [0.1, 0.15) is 51.1 Å². The zero-order chi connectivity index (χ0) is 15.1. The van der Waals surface area contributed by atoms with E-state index in [1.54, 1.807) is 7.11 Å². The normalized spacial score (nSPS) is 21.2. The maximum Gasteiger partial charge on any atom is 0.119 e. The van der Waals surface area contributed by atoms with Crippen molar-refractivity contribution in [1.29, 1.82) is 0 Å². The molecule has 0 aliphatic carbocycles. The molecule has 1 fully saturated rings. The molecule has 3 nitrogen and oxygen atoms in total. The number of benzene rings is 1. The molecule has 0 spiro atoms. The Balaban J connectivity index is 2.08. The van der Waals surface area contributed by atoms with Crippen LogP contribution in [0.25, 0.3) is 0 Å². The Morgan fingerprint density at radius 3 is 2.95 bits per heavy atom. The average Bonchev–Trinajstić information content (AvgIpc) is 2.53.